The van der Waals surface area contributed by atoms with E-state index in [-0.39, 0.29) is 0 Å². The van der Waals surface area contributed by atoms with Crippen molar-refractivity contribution in [2.24, 2.45) is 0 Å². The van der Waals surface area contributed by atoms with Gasteiger partial charge in [0.25, 0.3) is 0 Å². The molecule has 0 aromatic rings. The van der Waals surface area contributed by atoms with Crippen molar-refractivity contribution in [1.29, 1.82) is 0 Å². The normalized spacial score (nSPS) is 9.92. The van der Waals surface area contributed by atoms with Gasteiger partial charge < -0.3 is 4.90 Å². The first-order valence-electron chi connectivity index (χ1n) is 4.61. The Hall–Kier alpha value is -0.180. The zero-order valence-electron chi connectivity index (χ0n) is 8.30. The average molecular weight is 189 g/mol. The summed E-state index contributed by atoms with van der Waals surface area (Å²) < 4.78 is 0. The number of amides is 1. The van der Waals surface area contributed by atoms with Crippen LogP contribution in [0.25, 0.3) is 0 Å². The number of carbonyl (C=O) groups excluding carboxylic acids is 1. The van der Waals surface area contributed by atoms with Crippen molar-refractivity contribution < 1.29 is 4.79 Å². The summed E-state index contributed by atoms with van der Waals surface area (Å²) in [6, 6.07) is 0. The van der Waals surface area contributed by atoms with E-state index < -0.39 is 0 Å². The maximum atomic E-state index is 11.4. The highest BCUT2D eigenvalue weighted by Gasteiger charge is 2.07. The predicted octanol–water partition coefficient (Wildman–Crippen LogP) is 2.00. The second kappa shape index (κ2) is 7.47. The molecule has 2 nitrogen and oxygen atoms in total. The molecule has 0 heterocycles. The fraction of sp³-hybridized carbons (Fsp3) is 0.889. The van der Waals surface area contributed by atoms with E-state index in [4.69, 9.17) is 0 Å². The van der Waals surface area contributed by atoms with Gasteiger partial charge in [0.05, 0.1) is 0 Å². The van der Waals surface area contributed by atoms with Gasteiger partial charge in [-0.15, -0.1) is 0 Å². The molecule has 0 fully saturated rings. The first kappa shape index (κ1) is 11.8. The van der Waals surface area contributed by atoms with Gasteiger partial charge in [-0.25, -0.2) is 0 Å². The molecule has 0 aromatic carbocycles. The highest BCUT2D eigenvalue weighted by atomic mass is 32.2. The van der Waals surface area contributed by atoms with Gasteiger partial charge in [-0.05, 0) is 19.6 Å². The molecule has 0 aliphatic heterocycles. The van der Waals surface area contributed by atoms with Crippen LogP contribution >= 0.6 is 11.8 Å². The van der Waals surface area contributed by atoms with Gasteiger partial charge >= 0.3 is 0 Å². The van der Waals surface area contributed by atoms with E-state index in [1.165, 1.54) is 0 Å². The van der Waals surface area contributed by atoms with E-state index in [1.54, 1.807) is 0 Å². The van der Waals surface area contributed by atoms with E-state index in [2.05, 4.69) is 6.92 Å². The monoisotopic (exact) mass is 189 g/mol. The summed E-state index contributed by atoms with van der Waals surface area (Å²) in [6.45, 7) is 7.84. The van der Waals surface area contributed by atoms with Crippen molar-refractivity contribution in [1.82, 2.24) is 4.90 Å². The second-order valence-corrected chi connectivity index (χ2v) is 3.91. The molecule has 3 heteroatoms. The van der Waals surface area contributed by atoms with Crippen molar-refractivity contribution in [3.63, 3.8) is 0 Å². The maximum absolute atomic E-state index is 11.4. The van der Waals surface area contributed by atoms with Gasteiger partial charge in [-0.2, -0.15) is 11.8 Å². The minimum absolute atomic E-state index is 0.293. The molecule has 0 radical (unpaired) electrons. The van der Waals surface area contributed by atoms with Gasteiger partial charge in [0.2, 0.25) is 5.91 Å². The van der Waals surface area contributed by atoms with Gasteiger partial charge in [0, 0.05) is 25.3 Å². The maximum Gasteiger partial charge on any atom is 0.223 e. The van der Waals surface area contributed by atoms with Gasteiger partial charge in [0.1, 0.15) is 0 Å². The Labute approximate surface area is 79.7 Å². The topological polar surface area (TPSA) is 20.3 Å². The molecular weight excluding hydrogens is 170 g/mol. The van der Waals surface area contributed by atoms with Crippen LogP contribution in [0.1, 0.15) is 27.2 Å². The number of nitrogens with zero attached hydrogens (tertiary/aromatic N) is 1. The molecule has 0 saturated heterocycles. The first-order chi connectivity index (χ1) is 5.76. The van der Waals surface area contributed by atoms with Crippen molar-refractivity contribution >= 4 is 17.7 Å². The summed E-state index contributed by atoms with van der Waals surface area (Å²) in [4.78, 5) is 13.3. The molecule has 0 aliphatic rings. The predicted molar refractivity (Wildman–Crippen MR) is 55.5 cm³/mol. The summed E-state index contributed by atoms with van der Waals surface area (Å²) in [7, 11) is 0. The van der Waals surface area contributed by atoms with Crippen LogP contribution in [0.5, 0.6) is 0 Å². The van der Waals surface area contributed by atoms with Crippen LogP contribution in [0.15, 0.2) is 0 Å². The highest BCUT2D eigenvalue weighted by Crippen LogP contribution is 2.03. The molecular formula is C9H19NOS. The lowest BCUT2D eigenvalue weighted by atomic mass is 10.4. The van der Waals surface area contributed by atoms with Crippen molar-refractivity contribution in [2.45, 2.75) is 27.2 Å². The minimum Gasteiger partial charge on any atom is -0.343 e. The number of carbonyl (C=O) groups is 1. The smallest absolute Gasteiger partial charge is 0.223 e. The van der Waals surface area contributed by atoms with Crippen LogP contribution in [0.2, 0.25) is 0 Å². The first-order valence-corrected chi connectivity index (χ1v) is 5.77. The standard InChI is InChI=1S/C9H19NOS/c1-4-10(5-2)9(11)7-8-12-6-3/h4-8H2,1-3H3. The van der Waals surface area contributed by atoms with E-state index >= 15 is 0 Å². The quantitative estimate of drug-likeness (QED) is 0.596. The van der Waals surface area contributed by atoms with Gasteiger partial charge in [0.15, 0.2) is 0 Å². The summed E-state index contributed by atoms with van der Waals surface area (Å²) in [5.41, 5.74) is 0. The van der Waals surface area contributed by atoms with Crippen molar-refractivity contribution in [3.05, 3.63) is 0 Å². The lowest BCUT2D eigenvalue weighted by Gasteiger charge is -2.18. The van der Waals surface area contributed by atoms with Crippen LogP contribution < -0.4 is 0 Å². The largest absolute Gasteiger partial charge is 0.343 e. The number of hydrogen-bond acceptors (Lipinski definition) is 2. The molecule has 0 spiro atoms. The zero-order chi connectivity index (χ0) is 9.40. The molecule has 0 rings (SSSR count). The van der Waals surface area contributed by atoms with Crippen LogP contribution in [0.3, 0.4) is 0 Å². The number of hydrogen-bond donors (Lipinski definition) is 0. The molecule has 0 atom stereocenters. The number of thioether (sulfide) groups is 1. The lowest BCUT2D eigenvalue weighted by Crippen LogP contribution is -2.30. The highest BCUT2D eigenvalue weighted by molar-refractivity contribution is 7.99. The molecule has 0 aromatic heterocycles. The van der Waals surface area contributed by atoms with E-state index in [9.17, 15) is 4.79 Å². The van der Waals surface area contributed by atoms with Crippen molar-refractivity contribution in [3.8, 4) is 0 Å². The molecule has 0 aliphatic carbocycles. The minimum atomic E-state index is 0.293. The van der Waals surface area contributed by atoms with E-state index in [1.807, 2.05) is 30.5 Å². The molecule has 72 valence electrons. The fourth-order valence-electron chi connectivity index (χ4n) is 1.04. The van der Waals surface area contributed by atoms with Gasteiger partial charge in [-0.1, -0.05) is 6.92 Å². The van der Waals surface area contributed by atoms with Crippen LogP contribution in [-0.4, -0.2) is 35.4 Å². The summed E-state index contributed by atoms with van der Waals surface area (Å²) in [5.74, 6) is 2.36. The zero-order valence-corrected chi connectivity index (χ0v) is 9.12. The third kappa shape index (κ3) is 4.65. The Morgan fingerprint density at radius 3 is 2.25 bits per heavy atom. The molecule has 1 amide bonds. The molecule has 12 heavy (non-hydrogen) atoms. The Bertz CT molecular complexity index is 124. The summed E-state index contributed by atoms with van der Waals surface area (Å²) in [5, 5.41) is 0. The molecule has 0 saturated carbocycles. The van der Waals surface area contributed by atoms with Crippen LogP contribution in [0, 0.1) is 0 Å². The molecule has 0 unspecified atom stereocenters. The van der Waals surface area contributed by atoms with Crippen LogP contribution in [0.4, 0.5) is 0 Å². The van der Waals surface area contributed by atoms with Crippen molar-refractivity contribution in [2.75, 3.05) is 24.6 Å². The summed E-state index contributed by atoms with van der Waals surface area (Å²) >= 11 is 1.83. The Morgan fingerprint density at radius 1 is 1.25 bits per heavy atom. The van der Waals surface area contributed by atoms with Crippen LogP contribution in [-0.2, 0) is 4.79 Å². The second-order valence-electron chi connectivity index (χ2n) is 2.51. The Morgan fingerprint density at radius 2 is 1.83 bits per heavy atom. The van der Waals surface area contributed by atoms with E-state index in [0.29, 0.717) is 12.3 Å². The Balaban J connectivity index is 3.54. The average Bonchev–Trinajstić information content (AvgIpc) is 2.07. The van der Waals surface area contributed by atoms with E-state index in [0.717, 1.165) is 24.6 Å². The lowest BCUT2D eigenvalue weighted by molar-refractivity contribution is -0.130. The third-order valence-corrected chi connectivity index (χ3v) is 2.68. The Kier molecular flexibility index (Phi) is 7.36. The number of rotatable bonds is 6. The summed E-state index contributed by atoms with van der Waals surface area (Å²) in [6.07, 6.45) is 0.695. The molecule has 0 N–H and O–H groups in total. The SMILES string of the molecule is CCSCCC(=O)N(CC)CC. The third-order valence-electron chi connectivity index (χ3n) is 1.78. The molecule has 0 bridgehead atoms. The van der Waals surface area contributed by atoms with Gasteiger partial charge in [-0.3, -0.25) is 4.79 Å². The fourth-order valence-corrected chi connectivity index (χ4v) is 1.65.